The molecule has 102 valence electrons. The lowest BCUT2D eigenvalue weighted by Gasteiger charge is -2.32. The third-order valence-corrected chi connectivity index (χ3v) is 6.48. The Bertz CT molecular complexity index is 369. The van der Waals surface area contributed by atoms with Gasteiger partial charge in [0.25, 0.3) is 0 Å². The fraction of sp³-hybridized carbons (Fsp3) is 0.833. The summed E-state index contributed by atoms with van der Waals surface area (Å²) in [6.07, 6.45) is 3.56. The van der Waals surface area contributed by atoms with Gasteiger partial charge in [-0.05, 0) is 6.42 Å². The van der Waals surface area contributed by atoms with E-state index in [1.807, 2.05) is 28.2 Å². The first-order valence-electron chi connectivity index (χ1n) is 6.57. The summed E-state index contributed by atoms with van der Waals surface area (Å²) < 4.78 is 1.99. The third-order valence-electron chi connectivity index (χ3n) is 3.21. The molecule has 1 saturated heterocycles. The summed E-state index contributed by atoms with van der Waals surface area (Å²) in [5.41, 5.74) is 6.38. The van der Waals surface area contributed by atoms with Gasteiger partial charge in [0.15, 0.2) is 0 Å². The van der Waals surface area contributed by atoms with Crippen molar-refractivity contribution < 1.29 is 0 Å². The summed E-state index contributed by atoms with van der Waals surface area (Å²) in [7, 11) is 0. The SMILES string of the molecule is CCCn1ncnc1CC(N)C1SCCSC1C. The second-order valence-electron chi connectivity index (χ2n) is 4.68. The molecule has 0 aromatic carbocycles. The van der Waals surface area contributed by atoms with Crippen LogP contribution < -0.4 is 5.73 Å². The van der Waals surface area contributed by atoms with Crippen LogP contribution in [0.1, 0.15) is 26.1 Å². The first kappa shape index (κ1) is 14.2. The Labute approximate surface area is 117 Å². The van der Waals surface area contributed by atoms with Gasteiger partial charge in [-0.25, -0.2) is 4.98 Å². The number of thioether (sulfide) groups is 2. The average Bonchev–Trinajstić information content (AvgIpc) is 2.78. The van der Waals surface area contributed by atoms with Crippen LogP contribution in [0.15, 0.2) is 6.33 Å². The monoisotopic (exact) mass is 286 g/mol. The number of hydrogen-bond acceptors (Lipinski definition) is 5. The van der Waals surface area contributed by atoms with Crippen molar-refractivity contribution >= 4 is 23.5 Å². The number of aryl methyl sites for hydroxylation is 1. The van der Waals surface area contributed by atoms with E-state index in [9.17, 15) is 0 Å². The van der Waals surface area contributed by atoms with E-state index in [0.29, 0.717) is 10.5 Å². The van der Waals surface area contributed by atoms with Crippen molar-refractivity contribution in [2.24, 2.45) is 5.73 Å². The lowest BCUT2D eigenvalue weighted by atomic mass is 10.1. The molecule has 4 nitrogen and oxygen atoms in total. The molecule has 1 aliphatic rings. The second-order valence-corrected chi connectivity index (χ2v) is 7.45. The van der Waals surface area contributed by atoms with Crippen molar-refractivity contribution in [1.82, 2.24) is 14.8 Å². The number of nitrogens with zero attached hydrogens (tertiary/aromatic N) is 3. The maximum Gasteiger partial charge on any atom is 0.138 e. The van der Waals surface area contributed by atoms with Crippen LogP contribution in [0.2, 0.25) is 0 Å². The molecule has 3 unspecified atom stereocenters. The highest BCUT2D eigenvalue weighted by molar-refractivity contribution is 8.07. The van der Waals surface area contributed by atoms with Crippen molar-refractivity contribution in [3.05, 3.63) is 12.2 Å². The molecular weight excluding hydrogens is 264 g/mol. The standard InChI is InChI=1S/C12H22N4S2/c1-3-4-16-11(14-8-15-16)7-10(13)12-9(2)17-5-6-18-12/h8-10,12H,3-7,13H2,1-2H3. The minimum atomic E-state index is 0.178. The smallest absolute Gasteiger partial charge is 0.138 e. The maximum absolute atomic E-state index is 6.38. The van der Waals surface area contributed by atoms with E-state index in [2.05, 4.69) is 23.9 Å². The van der Waals surface area contributed by atoms with E-state index < -0.39 is 0 Å². The van der Waals surface area contributed by atoms with Crippen LogP contribution in [-0.2, 0) is 13.0 Å². The van der Waals surface area contributed by atoms with E-state index >= 15 is 0 Å². The summed E-state index contributed by atoms with van der Waals surface area (Å²) in [4.78, 5) is 4.35. The summed E-state index contributed by atoms with van der Waals surface area (Å²) in [6.45, 7) is 5.38. The van der Waals surface area contributed by atoms with E-state index in [1.54, 1.807) is 6.33 Å². The van der Waals surface area contributed by atoms with Gasteiger partial charge in [-0.2, -0.15) is 28.6 Å². The summed E-state index contributed by atoms with van der Waals surface area (Å²) in [6, 6.07) is 0.178. The molecule has 0 bridgehead atoms. The summed E-state index contributed by atoms with van der Waals surface area (Å²) >= 11 is 4.06. The number of hydrogen-bond donors (Lipinski definition) is 1. The lowest BCUT2D eigenvalue weighted by Crippen LogP contribution is -2.42. The van der Waals surface area contributed by atoms with Crippen LogP contribution in [0.25, 0.3) is 0 Å². The Balaban J connectivity index is 1.97. The van der Waals surface area contributed by atoms with Crippen LogP contribution in [0.4, 0.5) is 0 Å². The maximum atomic E-state index is 6.38. The summed E-state index contributed by atoms with van der Waals surface area (Å²) in [5, 5.41) is 5.44. The Morgan fingerprint density at radius 1 is 1.50 bits per heavy atom. The van der Waals surface area contributed by atoms with Gasteiger partial charge in [-0.15, -0.1) is 0 Å². The zero-order valence-corrected chi connectivity index (χ0v) is 12.7. The highest BCUT2D eigenvalue weighted by Crippen LogP contribution is 2.33. The van der Waals surface area contributed by atoms with E-state index in [1.165, 1.54) is 11.5 Å². The van der Waals surface area contributed by atoms with Crippen LogP contribution in [-0.4, -0.2) is 42.8 Å². The molecule has 1 aromatic heterocycles. The van der Waals surface area contributed by atoms with E-state index in [0.717, 1.165) is 25.2 Å². The molecule has 6 heteroatoms. The lowest BCUT2D eigenvalue weighted by molar-refractivity contribution is 0.531. The minimum Gasteiger partial charge on any atom is -0.326 e. The molecule has 0 amide bonds. The largest absolute Gasteiger partial charge is 0.326 e. The van der Waals surface area contributed by atoms with Crippen molar-refractivity contribution in [1.29, 1.82) is 0 Å². The number of nitrogens with two attached hydrogens (primary N) is 1. The fourth-order valence-corrected chi connectivity index (χ4v) is 5.18. The van der Waals surface area contributed by atoms with Gasteiger partial charge >= 0.3 is 0 Å². The number of rotatable bonds is 5. The molecule has 0 saturated carbocycles. The molecule has 0 radical (unpaired) electrons. The zero-order valence-electron chi connectivity index (χ0n) is 11.1. The molecule has 1 aromatic rings. The minimum absolute atomic E-state index is 0.178. The fourth-order valence-electron chi connectivity index (χ4n) is 2.29. The third kappa shape index (κ3) is 3.42. The van der Waals surface area contributed by atoms with Gasteiger partial charge in [0.1, 0.15) is 12.2 Å². The highest BCUT2D eigenvalue weighted by atomic mass is 32.2. The van der Waals surface area contributed by atoms with Gasteiger partial charge in [0, 0.05) is 41.0 Å². The number of aromatic nitrogens is 3. The molecule has 2 N–H and O–H groups in total. The molecule has 18 heavy (non-hydrogen) atoms. The summed E-state index contributed by atoms with van der Waals surface area (Å²) in [5.74, 6) is 3.50. The normalized spacial score (nSPS) is 26.2. The van der Waals surface area contributed by atoms with Gasteiger partial charge in [-0.3, -0.25) is 4.68 Å². The quantitative estimate of drug-likeness (QED) is 0.894. The van der Waals surface area contributed by atoms with Gasteiger partial charge in [0.2, 0.25) is 0 Å². The van der Waals surface area contributed by atoms with Gasteiger partial charge in [0.05, 0.1) is 0 Å². The van der Waals surface area contributed by atoms with Crippen molar-refractivity contribution in [2.75, 3.05) is 11.5 Å². The molecule has 2 rings (SSSR count). The molecule has 3 atom stereocenters. The zero-order chi connectivity index (χ0) is 13.0. The van der Waals surface area contributed by atoms with Gasteiger partial charge in [-0.1, -0.05) is 13.8 Å². The van der Waals surface area contributed by atoms with Crippen molar-refractivity contribution in [2.45, 2.75) is 49.8 Å². The molecule has 0 spiro atoms. The Morgan fingerprint density at radius 2 is 2.28 bits per heavy atom. The predicted molar refractivity (Wildman–Crippen MR) is 80.2 cm³/mol. The predicted octanol–water partition coefficient (Wildman–Crippen LogP) is 1.79. The van der Waals surface area contributed by atoms with Crippen LogP contribution in [0.5, 0.6) is 0 Å². The van der Waals surface area contributed by atoms with Gasteiger partial charge < -0.3 is 5.73 Å². The molecule has 0 aliphatic carbocycles. The first-order valence-corrected chi connectivity index (χ1v) is 8.67. The van der Waals surface area contributed by atoms with Crippen LogP contribution >= 0.6 is 23.5 Å². The molecule has 1 aliphatic heterocycles. The first-order chi connectivity index (χ1) is 8.72. The molecular formula is C12H22N4S2. The Kier molecular flexibility index (Phi) is 5.38. The Hall–Kier alpha value is -0.200. The molecule has 1 fully saturated rings. The highest BCUT2D eigenvalue weighted by Gasteiger charge is 2.29. The van der Waals surface area contributed by atoms with Crippen molar-refractivity contribution in [3.63, 3.8) is 0 Å². The van der Waals surface area contributed by atoms with Crippen molar-refractivity contribution in [3.8, 4) is 0 Å². The Morgan fingerprint density at radius 3 is 3.00 bits per heavy atom. The second kappa shape index (κ2) is 6.82. The molecule has 2 heterocycles. The van der Waals surface area contributed by atoms with Crippen LogP contribution in [0, 0.1) is 0 Å². The van der Waals surface area contributed by atoms with E-state index in [-0.39, 0.29) is 6.04 Å². The average molecular weight is 286 g/mol. The topological polar surface area (TPSA) is 56.7 Å². The van der Waals surface area contributed by atoms with Crippen LogP contribution in [0.3, 0.4) is 0 Å². The van der Waals surface area contributed by atoms with E-state index in [4.69, 9.17) is 5.73 Å².